The number of hydrogen-bond donors (Lipinski definition) is 1. The van der Waals surface area contributed by atoms with Crippen LogP contribution in [0.15, 0.2) is 12.2 Å². The lowest BCUT2D eigenvalue weighted by atomic mass is 9.32. The number of hydrogen-bond acceptors (Lipinski definition) is 2. The van der Waals surface area contributed by atoms with Crippen molar-refractivity contribution in [1.82, 2.24) is 0 Å². The van der Waals surface area contributed by atoms with Gasteiger partial charge in [-0.25, -0.2) is 0 Å². The molecule has 0 spiro atoms. The van der Waals surface area contributed by atoms with E-state index < -0.39 is 11.4 Å². The fourth-order valence-electron chi connectivity index (χ4n) is 11.4. The molecule has 0 aliphatic heterocycles. The maximum atomic E-state index is 13.2. The second-order valence-corrected chi connectivity index (χ2v) is 15.5. The monoisotopic (exact) mass is 532 g/mol. The molecular weight excluding hydrogens is 488 g/mol. The van der Waals surface area contributed by atoms with Crippen LogP contribution in [0.2, 0.25) is 0 Å². The van der Waals surface area contributed by atoms with Gasteiger partial charge < -0.3 is 5.11 Å². The van der Waals surface area contributed by atoms with Crippen molar-refractivity contribution in [2.45, 2.75) is 104 Å². The average Bonchev–Trinajstić information content (AvgIpc) is 3.14. The summed E-state index contributed by atoms with van der Waals surface area (Å²) in [5, 5.41) is 10.5. The van der Waals surface area contributed by atoms with E-state index >= 15 is 0 Å². The molecule has 0 saturated heterocycles. The maximum Gasteiger partial charge on any atom is 0.309 e. The average molecular weight is 534 g/mol. The van der Waals surface area contributed by atoms with Crippen LogP contribution in [0, 0.1) is 56.7 Å². The van der Waals surface area contributed by atoms with Gasteiger partial charge in [-0.15, -0.1) is 0 Å². The van der Waals surface area contributed by atoms with Crippen LogP contribution in [-0.2, 0) is 9.59 Å². The van der Waals surface area contributed by atoms with Crippen LogP contribution >= 0.6 is 15.9 Å². The highest BCUT2D eigenvalue weighted by atomic mass is 79.9. The van der Waals surface area contributed by atoms with Crippen molar-refractivity contribution < 1.29 is 14.7 Å². The Bertz CT molecular complexity index is 939. The second-order valence-electron chi connectivity index (χ2n) is 14.4. The number of carbonyl (C=O) groups is 2. The van der Waals surface area contributed by atoms with Crippen molar-refractivity contribution in [3.05, 3.63) is 12.2 Å². The summed E-state index contributed by atoms with van der Waals surface area (Å²) in [6, 6.07) is 0. The van der Waals surface area contributed by atoms with Gasteiger partial charge in [-0.3, -0.25) is 9.59 Å². The Morgan fingerprint density at radius 1 is 0.941 bits per heavy atom. The predicted octanol–water partition coefficient (Wildman–Crippen LogP) is 7.67. The number of Topliss-reactive ketones (excluding diaryl/α,β-unsaturated/α-hetero) is 1. The molecule has 0 radical (unpaired) electrons. The summed E-state index contributed by atoms with van der Waals surface area (Å²) in [7, 11) is 0. The molecule has 190 valence electrons. The number of allylic oxidation sites excluding steroid dienone is 1. The van der Waals surface area contributed by atoms with Crippen LogP contribution in [0.5, 0.6) is 0 Å². The molecule has 0 aromatic rings. The number of alkyl halides is 1. The molecule has 3 nitrogen and oxygen atoms in total. The molecule has 5 aliphatic carbocycles. The first-order valence-electron chi connectivity index (χ1n) is 13.7. The van der Waals surface area contributed by atoms with Gasteiger partial charge in [-0.1, -0.05) is 62.7 Å². The number of halogens is 1. The van der Waals surface area contributed by atoms with Crippen LogP contribution in [0.25, 0.3) is 0 Å². The van der Waals surface area contributed by atoms with E-state index in [1.54, 1.807) is 0 Å². The van der Waals surface area contributed by atoms with Gasteiger partial charge in [0.15, 0.2) is 5.78 Å². The molecule has 0 heterocycles. The highest BCUT2D eigenvalue weighted by molar-refractivity contribution is 9.10. The van der Waals surface area contributed by atoms with E-state index in [1.807, 2.05) is 0 Å². The molecule has 4 heteroatoms. The molecular formula is C30H45BrO3. The van der Waals surface area contributed by atoms with Gasteiger partial charge in [-0.05, 0) is 111 Å². The second kappa shape index (κ2) is 7.45. The van der Waals surface area contributed by atoms with E-state index in [-0.39, 0.29) is 32.4 Å². The quantitative estimate of drug-likeness (QED) is 0.293. The first-order chi connectivity index (χ1) is 15.7. The minimum absolute atomic E-state index is 0.0507. The minimum atomic E-state index is -0.557. The van der Waals surface area contributed by atoms with Crippen molar-refractivity contribution >= 4 is 27.7 Å². The van der Waals surface area contributed by atoms with E-state index in [0.29, 0.717) is 29.5 Å². The number of rotatable bonds is 2. The molecule has 1 N–H and O–H groups in total. The number of fused-ring (bicyclic) bond motifs is 7. The van der Waals surface area contributed by atoms with E-state index in [0.717, 1.165) is 44.9 Å². The SMILES string of the molecule is C=C(C)[C@@H]1CC[C@]2(C(=O)O)CC[C@]3(C)[C@H](CC[C@@H]4[C@@]5(C)CC(Br)C(=O)C(C)(C)[C@@H]5CC[C@]43C)[C@@H]12. The topological polar surface area (TPSA) is 54.4 Å². The predicted molar refractivity (Wildman–Crippen MR) is 140 cm³/mol. The van der Waals surface area contributed by atoms with Crippen LogP contribution in [0.4, 0.5) is 0 Å². The molecule has 5 rings (SSSR count). The van der Waals surface area contributed by atoms with E-state index in [9.17, 15) is 14.7 Å². The summed E-state index contributed by atoms with van der Waals surface area (Å²) >= 11 is 3.80. The molecule has 5 saturated carbocycles. The summed E-state index contributed by atoms with van der Waals surface area (Å²) < 4.78 is 0. The molecule has 0 amide bonds. The van der Waals surface area contributed by atoms with Gasteiger partial charge in [0.05, 0.1) is 10.2 Å². The zero-order chi connectivity index (χ0) is 25.1. The largest absolute Gasteiger partial charge is 0.481 e. The summed E-state index contributed by atoms with van der Waals surface area (Å²) in [5.41, 5.74) is 0.795. The van der Waals surface area contributed by atoms with Crippen LogP contribution < -0.4 is 0 Å². The number of carbonyl (C=O) groups excluding carboxylic acids is 1. The number of aliphatic carboxylic acids is 1. The van der Waals surface area contributed by atoms with Gasteiger partial charge in [0.1, 0.15) is 0 Å². The van der Waals surface area contributed by atoms with Crippen molar-refractivity contribution in [2.24, 2.45) is 56.7 Å². The zero-order valence-corrected chi connectivity index (χ0v) is 23.8. The third-order valence-electron chi connectivity index (χ3n) is 13.2. The van der Waals surface area contributed by atoms with Gasteiger partial charge in [0.25, 0.3) is 0 Å². The highest BCUT2D eigenvalue weighted by Crippen LogP contribution is 2.77. The van der Waals surface area contributed by atoms with Gasteiger partial charge in [0, 0.05) is 5.41 Å². The molecule has 0 aromatic carbocycles. The first kappa shape index (κ1) is 25.0. The molecule has 5 aliphatic rings. The highest BCUT2D eigenvalue weighted by Gasteiger charge is 2.72. The summed E-state index contributed by atoms with van der Waals surface area (Å²) in [4.78, 5) is 25.9. The Balaban J connectivity index is 1.58. The van der Waals surface area contributed by atoms with Crippen molar-refractivity contribution in [2.75, 3.05) is 0 Å². The lowest BCUT2D eigenvalue weighted by Gasteiger charge is -2.72. The fourth-order valence-corrected chi connectivity index (χ4v) is 12.7. The van der Waals surface area contributed by atoms with Crippen molar-refractivity contribution in [3.63, 3.8) is 0 Å². The molecule has 10 atom stereocenters. The Kier molecular flexibility index (Phi) is 5.48. The lowest BCUT2D eigenvalue weighted by Crippen LogP contribution is -2.67. The minimum Gasteiger partial charge on any atom is -0.481 e. The van der Waals surface area contributed by atoms with Crippen molar-refractivity contribution in [3.8, 4) is 0 Å². The van der Waals surface area contributed by atoms with Crippen LogP contribution in [0.3, 0.4) is 0 Å². The van der Waals surface area contributed by atoms with E-state index in [2.05, 4.69) is 64.1 Å². The molecule has 1 unspecified atom stereocenters. The summed E-state index contributed by atoms with van der Waals surface area (Å²) in [6.07, 6.45) is 9.17. The number of ketones is 1. The fraction of sp³-hybridized carbons (Fsp3) is 0.867. The molecule has 34 heavy (non-hydrogen) atoms. The maximum absolute atomic E-state index is 13.2. The summed E-state index contributed by atoms with van der Waals surface area (Å²) in [5.74, 6) is 1.84. The standard InChI is InChI=1S/C30H45BrO3/c1-17(2)18-10-13-30(25(33)34)15-14-28(6)19(23(18)30)8-9-22-27(5)16-20(31)24(32)26(3,4)21(27)11-12-29(22,28)7/h18-23H,1,8-16H2,2-7H3,(H,33,34)/t18-,19+,20?,21-,22+,23+,27-,28+,29+,30-/m0/s1. The summed E-state index contributed by atoms with van der Waals surface area (Å²) in [6.45, 7) is 18.5. The normalized spacial score (nSPS) is 53.8. The number of carboxylic acids is 1. The lowest BCUT2D eigenvalue weighted by molar-refractivity contribution is -0.234. The van der Waals surface area contributed by atoms with Crippen molar-refractivity contribution in [1.29, 1.82) is 0 Å². The van der Waals surface area contributed by atoms with Gasteiger partial charge in [0.2, 0.25) is 0 Å². The molecule has 5 fully saturated rings. The Morgan fingerprint density at radius 2 is 1.62 bits per heavy atom. The van der Waals surface area contributed by atoms with Gasteiger partial charge in [-0.2, -0.15) is 0 Å². The van der Waals surface area contributed by atoms with E-state index in [1.165, 1.54) is 18.4 Å². The molecule has 0 bridgehead atoms. The Morgan fingerprint density at radius 3 is 2.24 bits per heavy atom. The zero-order valence-electron chi connectivity index (χ0n) is 22.2. The number of carboxylic acid groups (broad SMARTS) is 1. The molecule has 0 aromatic heterocycles. The third kappa shape index (κ3) is 2.81. The van der Waals surface area contributed by atoms with E-state index in [4.69, 9.17) is 0 Å². The van der Waals surface area contributed by atoms with Crippen LogP contribution in [-0.4, -0.2) is 21.7 Å². The Hall–Kier alpha value is -0.640. The Labute approximate surface area is 215 Å². The smallest absolute Gasteiger partial charge is 0.309 e. The van der Waals surface area contributed by atoms with Crippen LogP contribution in [0.1, 0.15) is 99.3 Å². The first-order valence-corrected chi connectivity index (χ1v) is 14.7. The third-order valence-corrected chi connectivity index (χ3v) is 13.9. The van der Waals surface area contributed by atoms with Gasteiger partial charge >= 0.3 is 5.97 Å².